The van der Waals surface area contributed by atoms with Crippen molar-refractivity contribution in [3.05, 3.63) is 28.8 Å². The van der Waals surface area contributed by atoms with Gasteiger partial charge in [-0.25, -0.2) is 0 Å². The van der Waals surface area contributed by atoms with Crippen molar-refractivity contribution in [1.82, 2.24) is 0 Å². The summed E-state index contributed by atoms with van der Waals surface area (Å²) in [6, 6.07) is 4.98. The van der Waals surface area contributed by atoms with Gasteiger partial charge in [0.25, 0.3) is 0 Å². The number of carbonyl (C=O) groups excluding carboxylic acids is 1. The minimum absolute atomic E-state index is 0.00171. The minimum atomic E-state index is -0.233. The fourth-order valence-corrected chi connectivity index (χ4v) is 1.82. The van der Waals surface area contributed by atoms with Gasteiger partial charge in [-0.2, -0.15) is 0 Å². The first-order chi connectivity index (χ1) is 7.10. The first-order valence-electron chi connectivity index (χ1n) is 4.18. The summed E-state index contributed by atoms with van der Waals surface area (Å²) in [6.45, 7) is 0. The summed E-state index contributed by atoms with van der Waals surface area (Å²) in [5, 5.41) is 1.07. The zero-order valence-corrected chi connectivity index (χ0v) is 11.9. The van der Waals surface area contributed by atoms with Crippen LogP contribution < -0.4 is 4.74 Å². The van der Waals surface area contributed by atoms with Crippen molar-refractivity contribution >= 4 is 49.2 Å². The van der Waals surface area contributed by atoms with E-state index in [2.05, 4.69) is 31.9 Å². The number of halogens is 3. The molecule has 5 heteroatoms. The van der Waals surface area contributed by atoms with Crippen LogP contribution in [0.15, 0.2) is 18.2 Å². The van der Waals surface area contributed by atoms with Gasteiger partial charge in [0.2, 0.25) is 0 Å². The van der Waals surface area contributed by atoms with Crippen LogP contribution >= 0.6 is 43.5 Å². The van der Waals surface area contributed by atoms with Gasteiger partial charge in [0.15, 0.2) is 5.78 Å². The Morgan fingerprint density at radius 3 is 2.80 bits per heavy atom. The van der Waals surface area contributed by atoms with Crippen molar-refractivity contribution in [2.24, 2.45) is 0 Å². The smallest absolute Gasteiger partial charge is 0.177 e. The highest BCUT2D eigenvalue weighted by molar-refractivity contribution is 9.12. The summed E-state index contributed by atoms with van der Waals surface area (Å²) in [6.07, 6.45) is 0. The van der Waals surface area contributed by atoms with E-state index in [4.69, 9.17) is 16.3 Å². The number of hydrogen-bond donors (Lipinski definition) is 0. The fraction of sp³-hybridized carbons (Fsp3) is 0.300. The number of benzene rings is 1. The third-order valence-electron chi connectivity index (χ3n) is 1.86. The van der Waals surface area contributed by atoms with Crippen molar-refractivity contribution in [3.63, 3.8) is 0 Å². The van der Waals surface area contributed by atoms with E-state index in [1.54, 1.807) is 18.2 Å². The predicted molar refractivity (Wildman–Crippen MR) is 68.8 cm³/mol. The lowest BCUT2D eigenvalue weighted by Crippen LogP contribution is -2.15. The quantitative estimate of drug-likeness (QED) is 0.608. The predicted octanol–water partition coefficient (Wildman–Crippen LogP) is 3.69. The number of carbonyl (C=O) groups is 1. The van der Waals surface area contributed by atoms with E-state index in [0.717, 1.165) is 0 Å². The topological polar surface area (TPSA) is 26.3 Å². The maximum atomic E-state index is 11.8. The Morgan fingerprint density at radius 1 is 1.60 bits per heavy atom. The molecular weight excluding hydrogens is 347 g/mol. The molecule has 1 aromatic rings. The zero-order valence-electron chi connectivity index (χ0n) is 7.97. The van der Waals surface area contributed by atoms with Gasteiger partial charge < -0.3 is 4.74 Å². The van der Waals surface area contributed by atoms with Crippen LogP contribution in [0.25, 0.3) is 0 Å². The molecule has 0 spiro atoms. The number of ketones is 1. The Morgan fingerprint density at radius 2 is 2.27 bits per heavy atom. The molecule has 1 unspecified atom stereocenters. The summed E-state index contributed by atoms with van der Waals surface area (Å²) in [5.41, 5.74) is 0.581. The number of rotatable bonds is 4. The Balaban J connectivity index is 3.01. The number of ether oxygens (including phenoxy) is 1. The van der Waals surface area contributed by atoms with Gasteiger partial charge in [0.05, 0.1) is 17.0 Å². The third kappa shape index (κ3) is 3.20. The Labute approximate surface area is 110 Å². The molecule has 0 aliphatic heterocycles. The third-order valence-corrected chi connectivity index (χ3v) is 4.42. The average Bonchev–Trinajstić information content (AvgIpc) is 2.27. The Kier molecular flexibility index (Phi) is 5.09. The standard InChI is InChI=1S/C10H9Br2ClO2/c1-15-9-4-6(2-3-8(9)13)10(14)7(12)5-11/h2-4,7H,5H2,1H3. The normalized spacial score (nSPS) is 12.3. The number of hydrogen-bond acceptors (Lipinski definition) is 2. The SMILES string of the molecule is COc1cc(C(=O)C(Br)CBr)ccc1Cl. The Hall–Kier alpha value is -0.0600. The molecule has 1 rings (SSSR count). The van der Waals surface area contributed by atoms with Crippen molar-refractivity contribution < 1.29 is 9.53 Å². The van der Waals surface area contributed by atoms with Gasteiger partial charge in [-0.15, -0.1) is 0 Å². The summed E-state index contributed by atoms with van der Waals surface area (Å²) in [4.78, 5) is 11.5. The molecule has 0 fully saturated rings. The second-order valence-electron chi connectivity index (χ2n) is 2.84. The van der Waals surface area contributed by atoms with Gasteiger partial charge in [0.1, 0.15) is 5.75 Å². The van der Waals surface area contributed by atoms with E-state index in [0.29, 0.717) is 21.7 Å². The van der Waals surface area contributed by atoms with E-state index in [1.807, 2.05) is 0 Å². The van der Waals surface area contributed by atoms with Crippen molar-refractivity contribution in [2.45, 2.75) is 4.83 Å². The maximum absolute atomic E-state index is 11.8. The monoisotopic (exact) mass is 354 g/mol. The minimum Gasteiger partial charge on any atom is -0.495 e. The van der Waals surface area contributed by atoms with E-state index in [-0.39, 0.29) is 10.6 Å². The summed E-state index contributed by atoms with van der Waals surface area (Å²) in [7, 11) is 1.52. The fourth-order valence-electron chi connectivity index (χ4n) is 1.06. The first kappa shape index (κ1) is 13.0. The molecule has 1 atom stereocenters. The highest BCUT2D eigenvalue weighted by Gasteiger charge is 2.16. The molecule has 0 amide bonds. The molecule has 0 bridgehead atoms. The molecule has 0 aliphatic rings. The molecule has 0 heterocycles. The number of methoxy groups -OCH3 is 1. The van der Waals surface area contributed by atoms with Crippen LogP contribution in [0.3, 0.4) is 0 Å². The molecule has 0 aliphatic carbocycles. The molecule has 0 saturated carbocycles. The van der Waals surface area contributed by atoms with Crippen molar-refractivity contribution in [2.75, 3.05) is 12.4 Å². The Bertz CT molecular complexity index is 368. The first-order valence-corrected chi connectivity index (χ1v) is 6.59. The van der Waals surface area contributed by atoms with Crippen molar-refractivity contribution in [1.29, 1.82) is 0 Å². The number of alkyl halides is 2. The van der Waals surface area contributed by atoms with Gasteiger partial charge in [-0.3, -0.25) is 4.79 Å². The van der Waals surface area contributed by atoms with Gasteiger partial charge >= 0.3 is 0 Å². The lowest BCUT2D eigenvalue weighted by atomic mass is 10.1. The molecule has 0 aromatic heterocycles. The second-order valence-corrected chi connectivity index (χ2v) is 5.00. The molecule has 15 heavy (non-hydrogen) atoms. The van der Waals surface area contributed by atoms with Crippen LogP contribution in [0.2, 0.25) is 5.02 Å². The van der Waals surface area contributed by atoms with Gasteiger partial charge in [-0.05, 0) is 18.2 Å². The van der Waals surface area contributed by atoms with E-state index in [9.17, 15) is 4.79 Å². The molecular formula is C10H9Br2ClO2. The molecule has 0 N–H and O–H groups in total. The van der Waals surface area contributed by atoms with Crippen LogP contribution in [-0.4, -0.2) is 23.1 Å². The maximum Gasteiger partial charge on any atom is 0.177 e. The highest BCUT2D eigenvalue weighted by Crippen LogP contribution is 2.26. The lowest BCUT2D eigenvalue weighted by molar-refractivity contribution is 0.0997. The summed E-state index contributed by atoms with van der Waals surface area (Å²) in [5.74, 6) is 0.513. The number of Topliss-reactive ketones (excluding diaryl/α,β-unsaturated/α-hetero) is 1. The zero-order chi connectivity index (χ0) is 11.4. The van der Waals surface area contributed by atoms with Crippen LogP contribution in [0.4, 0.5) is 0 Å². The highest BCUT2D eigenvalue weighted by atomic mass is 79.9. The largest absolute Gasteiger partial charge is 0.495 e. The lowest BCUT2D eigenvalue weighted by Gasteiger charge is -2.08. The van der Waals surface area contributed by atoms with Crippen LogP contribution in [-0.2, 0) is 0 Å². The van der Waals surface area contributed by atoms with Gasteiger partial charge in [0, 0.05) is 10.9 Å². The van der Waals surface area contributed by atoms with Crippen LogP contribution in [0.5, 0.6) is 5.75 Å². The van der Waals surface area contributed by atoms with E-state index >= 15 is 0 Å². The van der Waals surface area contributed by atoms with Crippen LogP contribution in [0.1, 0.15) is 10.4 Å². The van der Waals surface area contributed by atoms with Crippen molar-refractivity contribution in [3.8, 4) is 5.75 Å². The summed E-state index contributed by atoms with van der Waals surface area (Å²) >= 11 is 12.4. The molecule has 0 saturated heterocycles. The molecule has 1 aromatic carbocycles. The van der Waals surface area contributed by atoms with E-state index in [1.165, 1.54) is 7.11 Å². The molecule has 82 valence electrons. The molecule has 2 nitrogen and oxygen atoms in total. The van der Waals surface area contributed by atoms with E-state index < -0.39 is 0 Å². The average molecular weight is 356 g/mol. The second kappa shape index (κ2) is 5.87. The summed E-state index contributed by atoms with van der Waals surface area (Å²) < 4.78 is 5.04. The van der Waals surface area contributed by atoms with Gasteiger partial charge in [-0.1, -0.05) is 43.5 Å². The molecule has 0 radical (unpaired) electrons. The van der Waals surface area contributed by atoms with Crippen LogP contribution in [0, 0.1) is 0 Å².